The van der Waals surface area contributed by atoms with Gasteiger partial charge in [-0.2, -0.15) is 0 Å². The van der Waals surface area contributed by atoms with E-state index in [2.05, 4.69) is 34.6 Å². The van der Waals surface area contributed by atoms with E-state index in [1.807, 2.05) is 0 Å². The van der Waals surface area contributed by atoms with Crippen LogP contribution < -0.4 is 5.32 Å². The van der Waals surface area contributed by atoms with Crippen LogP contribution in [0.1, 0.15) is 32.1 Å². The zero-order valence-corrected chi connectivity index (χ0v) is 8.82. The number of nitrogens with one attached hydrogen (secondary N) is 1. The Hall–Kier alpha value is -0.700. The molecule has 14 heavy (non-hydrogen) atoms. The highest BCUT2D eigenvalue weighted by Gasteiger charge is 2.42. The van der Waals surface area contributed by atoms with Crippen LogP contribution in [0.3, 0.4) is 0 Å². The standard InChI is InChI=1S/C11H19N3/c1-13-7-8-14-10-6-4-2-3-5-9(10)12-11(13)14/h7-12H,2-6H2,1H3. The van der Waals surface area contributed by atoms with Crippen LogP contribution in [-0.4, -0.2) is 35.2 Å². The molecule has 2 fully saturated rings. The Morgan fingerprint density at radius 1 is 1.14 bits per heavy atom. The molecule has 3 atom stereocenters. The second kappa shape index (κ2) is 3.16. The Bertz CT molecular complexity index is 251. The maximum absolute atomic E-state index is 3.73. The fourth-order valence-electron chi connectivity index (χ4n) is 3.08. The Labute approximate surface area is 85.8 Å². The zero-order chi connectivity index (χ0) is 9.54. The van der Waals surface area contributed by atoms with Gasteiger partial charge in [0.2, 0.25) is 0 Å². The second-order valence-electron chi connectivity index (χ2n) is 4.76. The van der Waals surface area contributed by atoms with Crippen molar-refractivity contribution in [1.82, 2.24) is 15.1 Å². The summed E-state index contributed by atoms with van der Waals surface area (Å²) >= 11 is 0. The van der Waals surface area contributed by atoms with Crippen LogP contribution in [0.2, 0.25) is 0 Å². The first-order valence-corrected chi connectivity index (χ1v) is 5.80. The van der Waals surface area contributed by atoms with E-state index in [1.165, 1.54) is 32.1 Å². The summed E-state index contributed by atoms with van der Waals surface area (Å²) in [5.41, 5.74) is 0. The van der Waals surface area contributed by atoms with Crippen molar-refractivity contribution in [3.8, 4) is 0 Å². The molecule has 3 aliphatic rings. The molecule has 0 aromatic heterocycles. The summed E-state index contributed by atoms with van der Waals surface area (Å²) in [7, 11) is 2.15. The summed E-state index contributed by atoms with van der Waals surface area (Å²) in [5, 5.41) is 3.73. The van der Waals surface area contributed by atoms with E-state index in [4.69, 9.17) is 0 Å². The van der Waals surface area contributed by atoms with Crippen molar-refractivity contribution in [2.24, 2.45) is 0 Å². The highest BCUT2D eigenvalue weighted by Crippen LogP contribution is 2.32. The van der Waals surface area contributed by atoms with Gasteiger partial charge in [0.15, 0.2) is 6.29 Å². The van der Waals surface area contributed by atoms with Gasteiger partial charge >= 0.3 is 0 Å². The van der Waals surface area contributed by atoms with Crippen LogP contribution in [0, 0.1) is 0 Å². The van der Waals surface area contributed by atoms with Crippen molar-refractivity contribution in [3.63, 3.8) is 0 Å². The molecule has 1 N–H and O–H groups in total. The fourth-order valence-corrected chi connectivity index (χ4v) is 3.08. The molecular weight excluding hydrogens is 174 g/mol. The van der Waals surface area contributed by atoms with Gasteiger partial charge in [-0.1, -0.05) is 19.3 Å². The number of nitrogens with zero attached hydrogens (tertiary/aromatic N) is 2. The Morgan fingerprint density at radius 3 is 2.93 bits per heavy atom. The quantitative estimate of drug-likeness (QED) is 0.625. The van der Waals surface area contributed by atoms with Crippen LogP contribution in [0.4, 0.5) is 0 Å². The minimum absolute atomic E-state index is 0.447. The minimum Gasteiger partial charge on any atom is -0.347 e. The fraction of sp³-hybridized carbons (Fsp3) is 0.818. The highest BCUT2D eigenvalue weighted by atomic mass is 15.5. The predicted octanol–water partition coefficient (Wildman–Crippen LogP) is 1.29. The van der Waals surface area contributed by atoms with Gasteiger partial charge in [0, 0.05) is 31.5 Å². The molecule has 1 saturated carbocycles. The van der Waals surface area contributed by atoms with E-state index in [0.717, 1.165) is 12.1 Å². The molecule has 3 heteroatoms. The van der Waals surface area contributed by atoms with Crippen LogP contribution in [-0.2, 0) is 0 Å². The van der Waals surface area contributed by atoms with E-state index in [-0.39, 0.29) is 0 Å². The normalized spacial score (nSPS) is 41.1. The third-order valence-electron chi connectivity index (χ3n) is 3.87. The number of hydrogen-bond acceptors (Lipinski definition) is 3. The van der Waals surface area contributed by atoms with Gasteiger partial charge in [0.25, 0.3) is 0 Å². The van der Waals surface area contributed by atoms with Crippen LogP contribution in [0.25, 0.3) is 0 Å². The van der Waals surface area contributed by atoms with E-state index in [0.29, 0.717) is 6.29 Å². The molecule has 1 saturated heterocycles. The van der Waals surface area contributed by atoms with E-state index < -0.39 is 0 Å². The van der Waals surface area contributed by atoms with E-state index in [1.54, 1.807) is 0 Å². The number of hydrogen-bond donors (Lipinski definition) is 1. The van der Waals surface area contributed by atoms with Gasteiger partial charge in [0.05, 0.1) is 0 Å². The smallest absolute Gasteiger partial charge is 0.157 e. The molecule has 2 heterocycles. The highest BCUT2D eigenvalue weighted by molar-refractivity contribution is 5.07. The average molecular weight is 193 g/mol. The summed E-state index contributed by atoms with van der Waals surface area (Å²) in [6, 6.07) is 1.48. The summed E-state index contributed by atoms with van der Waals surface area (Å²) < 4.78 is 0. The van der Waals surface area contributed by atoms with Crippen molar-refractivity contribution < 1.29 is 0 Å². The lowest BCUT2D eigenvalue weighted by Gasteiger charge is -2.26. The molecule has 1 aliphatic carbocycles. The molecule has 3 nitrogen and oxygen atoms in total. The molecule has 0 aromatic carbocycles. The second-order valence-corrected chi connectivity index (χ2v) is 4.76. The molecule has 78 valence electrons. The van der Waals surface area contributed by atoms with Crippen molar-refractivity contribution in [2.75, 3.05) is 7.05 Å². The van der Waals surface area contributed by atoms with Crippen molar-refractivity contribution in [2.45, 2.75) is 50.5 Å². The van der Waals surface area contributed by atoms with Crippen LogP contribution >= 0.6 is 0 Å². The summed E-state index contributed by atoms with van der Waals surface area (Å²) in [6.07, 6.45) is 11.8. The predicted molar refractivity (Wildman–Crippen MR) is 56.3 cm³/mol. The molecular formula is C11H19N3. The third kappa shape index (κ3) is 1.15. The van der Waals surface area contributed by atoms with Gasteiger partial charge in [0.1, 0.15) is 0 Å². The van der Waals surface area contributed by atoms with E-state index >= 15 is 0 Å². The molecule has 0 amide bonds. The maximum atomic E-state index is 3.73. The molecule has 0 spiro atoms. The Kier molecular flexibility index (Phi) is 1.94. The van der Waals surface area contributed by atoms with Gasteiger partial charge < -0.3 is 9.80 Å². The number of fused-ring (bicyclic) bond motifs is 3. The lowest BCUT2D eigenvalue weighted by Crippen LogP contribution is -2.41. The largest absolute Gasteiger partial charge is 0.347 e. The molecule has 0 aromatic rings. The first-order chi connectivity index (χ1) is 6.86. The van der Waals surface area contributed by atoms with Gasteiger partial charge in [-0.05, 0) is 12.8 Å². The van der Waals surface area contributed by atoms with Crippen LogP contribution in [0.15, 0.2) is 12.4 Å². The Balaban J connectivity index is 1.81. The maximum Gasteiger partial charge on any atom is 0.157 e. The van der Waals surface area contributed by atoms with Crippen molar-refractivity contribution >= 4 is 0 Å². The van der Waals surface area contributed by atoms with Crippen molar-refractivity contribution in [1.29, 1.82) is 0 Å². The molecule has 0 bridgehead atoms. The first-order valence-electron chi connectivity index (χ1n) is 5.80. The van der Waals surface area contributed by atoms with Gasteiger partial charge in [-0.15, -0.1) is 0 Å². The molecule has 3 unspecified atom stereocenters. The minimum atomic E-state index is 0.447. The SMILES string of the molecule is CN1C=CN2C3CCCCCC3NC12. The van der Waals surface area contributed by atoms with Gasteiger partial charge in [-0.25, -0.2) is 0 Å². The average Bonchev–Trinajstić information content (AvgIpc) is 2.60. The van der Waals surface area contributed by atoms with Crippen molar-refractivity contribution in [3.05, 3.63) is 12.4 Å². The summed E-state index contributed by atoms with van der Waals surface area (Å²) in [5.74, 6) is 0. The monoisotopic (exact) mass is 193 g/mol. The zero-order valence-electron chi connectivity index (χ0n) is 8.82. The summed E-state index contributed by atoms with van der Waals surface area (Å²) in [4.78, 5) is 4.78. The molecule has 2 aliphatic heterocycles. The summed E-state index contributed by atoms with van der Waals surface area (Å²) in [6.45, 7) is 0. The van der Waals surface area contributed by atoms with Crippen LogP contribution in [0.5, 0.6) is 0 Å². The molecule has 3 rings (SSSR count). The van der Waals surface area contributed by atoms with E-state index in [9.17, 15) is 0 Å². The topological polar surface area (TPSA) is 18.5 Å². The third-order valence-corrected chi connectivity index (χ3v) is 3.87. The molecule has 0 radical (unpaired) electrons. The lowest BCUT2D eigenvalue weighted by atomic mass is 10.0. The van der Waals surface area contributed by atoms with Gasteiger partial charge in [-0.3, -0.25) is 5.32 Å². The lowest BCUT2D eigenvalue weighted by molar-refractivity contribution is 0.173. The number of rotatable bonds is 0. The Morgan fingerprint density at radius 2 is 2.00 bits per heavy atom. The first kappa shape index (κ1) is 8.60.